The Labute approximate surface area is 170 Å². The zero-order valence-corrected chi connectivity index (χ0v) is 16.3. The van der Waals surface area contributed by atoms with E-state index >= 15 is 0 Å². The van der Waals surface area contributed by atoms with Gasteiger partial charge < -0.3 is 14.4 Å². The molecule has 0 saturated carbocycles. The molecule has 1 N–H and O–H groups in total. The number of rotatable bonds is 6. The molecule has 8 heteroatoms. The first-order valence-corrected chi connectivity index (χ1v) is 10.0. The zero-order valence-electron chi connectivity index (χ0n) is 15.5. The molecule has 2 aromatic heterocycles. The fourth-order valence-electron chi connectivity index (χ4n) is 2.85. The van der Waals surface area contributed by atoms with Crippen LogP contribution in [0.15, 0.2) is 76.3 Å². The first-order chi connectivity index (χ1) is 14.1. The van der Waals surface area contributed by atoms with E-state index in [4.69, 9.17) is 4.52 Å². The van der Waals surface area contributed by atoms with Gasteiger partial charge in [0.25, 0.3) is 5.89 Å². The molecule has 29 heavy (non-hydrogen) atoms. The summed E-state index contributed by atoms with van der Waals surface area (Å²) in [7, 11) is 0. The van der Waals surface area contributed by atoms with Crippen molar-refractivity contribution in [1.82, 2.24) is 14.7 Å². The number of carbonyl (C=O) groups is 1. The molecule has 1 amide bonds. The average molecular weight is 408 g/mol. The lowest BCUT2D eigenvalue weighted by atomic mass is 10.2. The summed E-state index contributed by atoms with van der Waals surface area (Å²) in [5.74, 6) is 0.136. The highest BCUT2D eigenvalue weighted by molar-refractivity contribution is 7.98. The highest BCUT2D eigenvalue weighted by Gasteiger charge is 2.15. The highest BCUT2D eigenvalue weighted by Crippen LogP contribution is 2.23. The summed E-state index contributed by atoms with van der Waals surface area (Å²) in [5, 5.41) is 6.85. The number of carbonyl (C=O) groups excluding carboxylic acids is 1. The van der Waals surface area contributed by atoms with Gasteiger partial charge in [-0.05, 0) is 60.9 Å². The van der Waals surface area contributed by atoms with Crippen LogP contribution >= 0.6 is 11.8 Å². The molecule has 6 nitrogen and oxygen atoms in total. The lowest BCUT2D eigenvalue weighted by molar-refractivity contribution is -0.116. The summed E-state index contributed by atoms with van der Waals surface area (Å²) in [4.78, 5) is 17.9. The monoisotopic (exact) mass is 408 g/mol. The Morgan fingerprint density at radius 2 is 2.00 bits per heavy atom. The third-order valence-electron chi connectivity index (χ3n) is 4.24. The number of thioether (sulfide) groups is 1. The summed E-state index contributed by atoms with van der Waals surface area (Å²) in [6.45, 7) is 0.0973. The summed E-state index contributed by atoms with van der Waals surface area (Å²) >= 11 is 1.61. The molecule has 0 unspecified atom stereocenters. The molecule has 0 radical (unpaired) electrons. The van der Waals surface area contributed by atoms with E-state index in [2.05, 4.69) is 15.5 Å². The molecule has 0 aliphatic carbocycles. The molecule has 2 heterocycles. The third kappa shape index (κ3) is 4.38. The van der Waals surface area contributed by atoms with Crippen molar-refractivity contribution in [2.24, 2.45) is 0 Å². The second-order valence-corrected chi connectivity index (χ2v) is 7.11. The van der Waals surface area contributed by atoms with Crippen molar-refractivity contribution in [3.05, 3.63) is 72.7 Å². The topological polar surface area (TPSA) is 73.0 Å². The van der Waals surface area contributed by atoms with Crippen LogP contribution in [0.5, 0.6) is 0 Å². The maximum atomic E-state index is 13.1. The van der Waals surface area contributed by atoms with Crippen molar-refractivity contribution < 1.29 is 13.7 Å². The van der Waals surface area contributed by atoms with E-state index in [1.165, 1.54) is 12.1 Å². The number of nitrogens with one attached hydrogen (secondary N) is 1. The van der Waals surface area contributed by atoms with Crippen molar-refractivity contribution in [3.8, 4) is 23.0 Å². The van der Waals surface area contributed by atoms with E-state index in [1.807, 2.05) is 30.5 Å². The van der Waals surface area contributed by atoms with Crippen molar-refractivity contribution in [2.45, 2.75) is 11.4 Å². The lowest BCUT2D eigenvalue weighted by Gasteiger charge is -2.09. The number of halogens is 1. The number of amides is 1. The molecule has 4 aromatic rings. The van der Waals surface area contributed by atoms with Crippen molar-refractivity contribution in [2.75, 3.05) is 11.6 Å². The molecule has 0 bridgehead atoms. The third-order valence-corrected chi connectivity index (χ3v) is 4.97. The summed E-state index contributed by atoms with van der Waals surface area (Å²) in [5.41, 5.74) is 2.01. The van der Waals surface area contributed by atoms with Crippen LogP contribution in [-0.4, -0.2) is 26.9 Å². The van der Waals surface area contributed by atoms with Gasteiger partial charge in [0, 0.05) is 22.3 Å². The van der Waals surface area contributed by atoms with Gasteiger partial charge in [0.1, 0.15) is 18.1 Å². The molecule has 4 rings (SSSR count). The van der Waals surface area contributed by atoms with Gasteiger partial charge in [-0.15, -0.1) is 11.8 Å². The highest BCUT2D eigenvalue weighted by atomic mass is 32.2. The summed E-state index contributed by atoms with van der Waals surface area (Å²) < 4.78 is 20.2. The van der Waals surface area contributed by atoms with Gasteiger partial charge in [0.2, 0.25) is 11.7 Å². The number of aromatic nitrogens is 3. The number of anilines is 1. The molecular formula is C21H17FN4O2S. The van der Waals surface area contributed by atoms with Gasteiger partial charge in [0.15, 0.2) is 0 Å². The van der Waals surface area contributed by atoms with Gasteiger partial charge in [-0.1, -0.05) is 11.2 Å². The van der Waals surface area contributed by atoms with Crippen molar-refractivity contribution in [3.63, 3.8) is 0 Å². The Kier molecular flexibility index (Phi) is 5.44. The van der Waals surface area contributed by atoms with Gasteiger partial charge in [-0.3, -0.25) is 4.79 Å². The predicted molar refractivity (Wildman–Crippen MR) is 110 cm³/mol. The van der Waals surface area contributed by atoms with E-state index < -0.39 is 0 Å². The van der Waals surface area contributed by atoms with Gasteiger partial charge in [0.05, 0.1) is 0 Å². The smallest absolute Gasteiger partial charge is 0.274 e. The average Bonchev–Trinajstić information content (AvgIpc) is 3.38. The van der Waals surface area contributed by atoms with Crippen LogP contribution in [0, 0.1) is 5.82 Å². The Hall–Kier alpha value is -3.39. The molecule has 2 aromatic carbocycles. The zero-order chi connectivity index (χ0) is 20.2. The van der Waals surface area contributed by atoms with Crippen LogP contribution in [0.25, 0.3) is 23.0 Å². The molecule has 146 valence electrons. The summed E-state index contributed by atoms with van der Waals surface area (Å²) in [6, 6.07) is 17.1. The Bertz CT molecular complexity index is 1140. The fourth-order valence-corrected chi connectivity index (χ4v) is 3.31. The first-order valence-electron chi connectivity index (χ1n) is 8.81. The molecule has 0 atom stereocenters. The maximum absolute atomic E-state index is 13.1. The largest absolute Gasteiger partial charge is 0.334 e. The minimum atomic E-state index is -0.333. The van der Waals surface area contributed by atoms with E-state index in [9.17, 15) is 9.18 Å². The first kappa shape index (κ1) is 18.9. The van der Waals surface area contributed by atoms with Gasteiger partial charge in [-0.2, -0.15) is 4.98 Å². The Morgan fingerprint density at radius 1 is 1.17 bits per heavy atom. The van der Waals surface area contributed by atoms with Crippen LogP contribution in [0.3, 0.4) is 0 Å². The van der Waals surface area contributed by atoms with E-state index in [0.717, 1.165) is 10.6 Å². The lowest BCUT2D eigenvalue weighted by Crippen LogP contribution is -2.18. The van der Waals surface area contributed by atoms with Crippen molar-refractivity contribution >= 4 is 23.4 Å². The van der Waals surface area contributed by atoms with Crippen LogP contribution in [0.1, 0.15) is 0 Å². The van der Waals surface area contributed by atoms with E-state index in [0.29, 0.717) is 17.1 Å². The van der Waals surface area contributed by atoms with Crippen LogP contribution in [0.4, 0.5) is 10.1 Å². The standard InChI is InChI=1S/C21H17FN4O2S/c1-29-17-5-2-4-16(12-17)23-19(27)13-26-11-3-6-18(26)21-24-20(25-28-21)14-7-9-15(22)10-8-14/h2-12H,13H2,1H3,(H,23,27). The molecule has 0 spiro atoms. The van der Waals surface area contributed by atoms with Gasteiger partial charge in [-0.25, -0.2) is 4.39 Å². The molecular weight excluding hydrogens is 391 g/mol. The fraction of sp³-hybridized carbons (Fsp3) is 0.0952. The molecule has 0 aliphatic rings. The van der Waals surface area contributed by atoms with E-state index in [-0.39, 0.29) is 24.2 Å². The number of nitrogens with zero attached hydrogens (tertiary/aromatic N) is 3. The quantitative estimate of drug-likeness (QED) is 0.468. The second kappa shape index (κ2) is 8.32. The minimum Gasteiger partial charge on any atom is -0.334 e. The van der Waals surface area contributed by atoms with E-state index in [1.54, 1.807) is 46.8 Å². The normalized spacial score (nSPS) is 10.8. The minimum absolute atomic E-state index is 0.0973. The van der Waals surface area contributed by atoms with Gasteiger partial charge >= 0.3 is 0 Å². The predicted octanol–water partition coefficient (Wildman–Crippen LogP) is 4.70. The number of hydrogen-bond acceptors (Lipinski definition) is 5. The van der Waals surface area contributed by atoms with Crippen molar-refractivity contribution in [1.29, 1.82) is 0 Å². The Morgan fingerprint density at radius 3 is 2.79 bits per heavy atom. The van der Waals surface area contributed by atoms with Crippen LogP contribution in [0.2, 0.25) is 0 Å². The Balaban J connectivity index is 1.50. The number of hydrogen-bond donors (Lipinski definition) is 1. The molecule has 0 saturated heterocycles. The summed E-state index contributed by atoms with van der Waals surface area (Å²) in [6.07, 6.45) is 3.76. The molecule has 0 aliphatic heterocycles. The van der Waals surface area contributed by atoms with Crippen LogP contribution < -0.4 is 5.32 Å². The SMILES string of the molecule is CSc1cccc(NC(=O)Cn2cccc2-c2nc(-c3ccc(F)cc3)no2)c1. The van der Waals surface area contributed by atoms with Crippen LogP contribution in [-0.2, 0) is 11.3 Å². The maximum Gasteiger partial charge on any atom is 0.274 e. The second-order valence-electron chi connectivity index (χ2n) is 6.23. The molecule has 0 fully saturated rings. The number of benzene rings is 2.